The summed E-state index contributed by atoms with van der Waals surface area (Å²) in [5.41, 5.74) is 0.971. The van der Waals surface area contributed by atoms with Gasteiger partial charge in [0.25, 0.3) is 11.8 Å². The number of rotatable bonds is 2. The highest BCUT2D eigenvalue weighted by Crippen LogP contribution is 2.25. The van der Waals surface area contributed by atoms with Gasteiger partial charge in [0.2, 0.25) is 0 Å². The van der Waals surface area contributed by atoms with Crippen LogP contribution in [0.1, 0.15) is 34.6 Å². The van der Waals surface area contributed by atoms with Crippen LogP contribution >= 0.6 is 23.2 Å². The van der Waals surface area contributed by atoms with Crippen molar-refractivity contribution in [3.05, 3.63) is 69.7 Å². The number of hydrogen-bond acceptors (Lipinski definition) is 2. The minimum atomic E-state index is -0.124. The van der Waals surface area contributed by atoms with Crippen LogP contribution in [-0.4, -0.2) is 46.8 Å². The van der Waals surface area contributed by atoms with Gasteiger partial charge in [-0.1, -0.05) is 47.5 Å². The van der Waals surface area contributed by atoms with Crippen molar-refractivity contribution in [2.24, 2.45) is 0 Å². The average molecular weight is 391 g/mol. The Balaban J connectivity index is 1.79. The molecule has 3 rings (SSSR count). The monoisotopic (exact) mass is 390 g/mol. The Bertz CT molecular complexity index is 771. The van der Waals surface area contributed by atoms with Crippen LogP contribution in [0.3, 0.4) is 0 Å². The smallest absolute Gasteiger partial charge is 0.255 e. The number of amides is 2. The summed E-state index contributed by atoms with van der Waals surface area (Å²) in [5.74, 6) is -0.223. The second-order valence-corrected chi connectivity index (χ2v) is 7.39. The van der Waals surface area contributed by atoms with Gasteiger partial charge in [-0.2, -0.15) is 0 Å². The van der Waals surface area contributed by atoms with Gasteiger partial charge < -0.3 is 9.80 Å². The predicted octanol–water partition coefficient (Wildman–Crippen LogP) is 4.37. The van der Waals surface area contributed by atoms with Gasteiger partial charge in [-0.15, -0.1) is 0 Å². The van der Waals surface area contributed by atoms with Crippen LogP contribution in [0, 0.1) is 0 Å². The first-order valence-corrected chi connectivity index (χ1v) is 9.26. The lowest BCUT2D eigenvalue weighted by Crippen LogP contribution is -2.59. The molecule has 0 N–H and O–H groups in total. The van der Waals surface area contributed by atoms with Gasteiger partial charge >= 0.3 is 0 Å². The summed E-state index contributed by atoms with van der Waals surface area (Å²) in [6.07, 6.45) is 0. The van der Waals surface area contributed by atoms with Gasteiger partial charge in [0, 0.05) is 25.2 Å². The van der Waals surface area contributed by atoms with E-state index in [0.717, 1.165) is 0 Å². The Morgan fingerprint density at radius 2 is 1.12 bits per heavy atom. The lowest BCUT2D eigenvalue weighted by Gasteiger charge is -2.44. The molecule has 1 aliphatic heterocycles. The lowest BCUT2D eigenvalue weighted by atomic mass is 10.0. The van der Waals surface area contributed by atoms with E-state index >= 15 is 0 Å². The summed E-state index contributed by atoms with van der Waals surface area (Å²) in [5, 5.41) is 0.874. The van der Waals surface area contributed by atoms with E-state index in [2.05, 4.69) is 0 Å². The molecule has 4 nitrogen and oxygen atoms in total. The third kappa shape index (κ3) is 3.57. The fraction of sp³-hybridized carbons (Fsp3) is 0.300. The van der Waals surface area contributed by atoms with Crippen molar-refractivity contribution in [2.45, 2.75) is 25.9 Å². The fourth-order valence-corrected chi connectivity index (χ4v) is 3.70. The van der Waals surface area contributed by atoms with E-state index in [0.29, 0.717) is 34.3 Å². The van der Waals surface area contributed by atoms with Crippen LogP contribution in [0.5, 0.6) is 0 Å². The zero-order valence-electron chi connectivity index (χ0n) is 14.7. The van der Waals surface area contributed by atoms with E-state index in [1.54, 1.807) is 58.3 Å². The minimum absolute atomic E-state index is 0.111. The van der Waals surface area contributed by atoms with Crippen LogP contribution in [0.25, 0.3) is 0 Å². The van der Waals surface area contributed by atoms with Crippen molar-refractivity contribution < 1.29 is 9.59 Å². The standard InChI is InChI=1S/C20H20Cl2N2O2/c1-13-11-24(20(26)16-8-4-6-10-18(16)22)14(2)12-23(13)19(25)15-7-3-5-9-17(15)21/h3-10,13-14H,11-12H2,1-2H3/t13-,14-/m1/s1. The SMILES string of the molecule is C[C@@H]1CN(C(=O)c2ccccc2Cl)[C@H](C)CN1C(=O)c1ccccc1Cl. The summed E-state index contributed by atoms with van der Waals surface area (Å²) in [6, 6.07) is 13.8. The highest BCUT2D eigenvalue weighted by molar-refractivity contribution is 6.34. The number of piperazine rings is 1. The van der Waals surface area contributed by atoms with Crippen LogP contribution in [0.4, 0.5) is 0 Å². The number of halogens is 2. The summed E-state index contributed by atoms with van der Waals surface area (Å²) >= 11 is 12.3. The minimum Gasteiger partial charge on any atom is -0.332 e. The van der Waals surface area contributed by atoms with Crippen molar-refractivity contribution >= 4 is 35.0 Å². The van der Waals surface area contributed by atoms with Gasteiger partial charge in [-0.25, -0.2) is 0 Å². The Morgan fingerprint density at radius 3 is 1.46 bits per heavy atom. The molecule has 2 aromatic carbocycles. The molecular weight excluding hydrogens is 371 g/mol. The molecule has 2 aromatic rings. The Morgan fingerprint density at radius 1 is 0.769 bits per heavy atom. The quantitative estimate of drug-likeness (QED) is 0.763. The molecule has 2 atom stereocenters. The molecule has 0 unspecified atom stereocenters. The Hall–Kier alpha value is -2.04. The summed E-state index contributed by atoms with van der Waals surface area (Å²) in [4.78, 5) is 29.3. The van der Waals surface area contributed by atoms with Gasteiger partial charge in [0.1, 0.15) is 0 Å². The van der Waals surface area contributed by atoms with Crippen molar-refractivity contribution in [2.75, 3.05) is 13.1 Å². The number of hydrogen-bond donors (Lipinski definition) is 0. The molecule has 0 aliphatic carbocycles. The lowest BCUT2D eigenvalue weighted by molar-refractivity contribution is 0.0270. The van der Waals surface area contributed by atoms with E-state index in [9.17, 15) is 9.59 Å². The first kappa shape index (κ1) is 18.7. The summed E-state index contributed by atoms with van der Waals surface area (Å²) < 4.78 is 0. The maximum Gasteiger partial charge on any atom is 0.255 e. The largest absolute Gasteiger partial charge is 0.332 e. The van der Waals surface area contributed by atoms with Crippen LogP contribution < -0.4 is 0 Å². The molecule has 1 heterocycles. The molecule has 0 bridgehead atoms. The average Bonchev–Trinajstić information content (AvgIpc) is 2.63. The molecule has 0 aromatic heterocycles. The third-order valence-corrected chi connectivity index (χ3v) is 5.38. The second kappa shape index (κ2) is 7.68. The molecule has 0 radical (unpaired) electrons. The number of nitrogens with zero attached hydrogens (tertiary/aromatic N) is 2. The van der Waals surface area contributed by atoms with E-state index in [-0.39, 0.29) is 23.9 Å². The van der Waals surface area contributed by atoms with Gasteiger partial charge in [0.15, 0.2) is 0 Å². The van der Waals surface area contributed by atoms with E-state index in [1.165, 1.54) is 0 Å². The van der Waals surface area contributed by atoms with E-state index in [4.69, 9.17) is 23.2 Å². The Labute approximate surface area is 163 Å². The maximum absolute atomic E-state index is 12.9. The van der Waals surface area contributed by atoms with Crippen molar-refractivity contribution in [3.63, 3.8) is 0 Å². The highest BCUT2D eigenvalue weighted by Gasteiger charge is 2.35. The van der Waals surface area contributed by atoms with Gasteiger partial charge in [-0.05, 0) is 38.1 Å². The molecule has 0 spiro atoms. The molecule has 26 heavy (non-hydrogen) atoms. The molecular formula is C20H20Cl2N2O2. The zero-order chi connectivity index (χ0) is 18.8. The first-order chi connectivity index (χ1) is 12.4. The van der Waals surface area contributed by atoms with Crippen molar-refractivity contribution in [3.8, 4) is 0 Å². The molecule has 2 amide bonds. The first-order valence-electron chi connectivity index (χ1n) is 8.51. The molecule has 1 aliphatic rings. The predicted molar refractivity (Wildman–Crippen MR) is 104 cm³/mol. The normalized spacial score (nSPS) is 20.2. The third-order valence-electron chi connectivity index (χ3n) is 4.72. The summed E-state index contributed by atoms with van der Waals surface area (Å²) in [6.45, 7) is 4.77. The molecule has 1 saturated heterocycles. The fourth-order valence-electron chi connectivity index (χ4n) is 3.27. The molecule has 0 saturated carbocycles. The molecule has 6 heteroatoms. The molecule has 136 valence electrons. The van der Waals surface area contributed by atoms with E-state index < -0.39 is 0 Å². The zero-order valence-corrected chi connectivity index (χ0v) is 16.2. The second-order valence-electron chi connectivity index (χ2n) is 6.57. The van der Waals surface area contributed by atoms with Gasteiger partial charge in [0.05, 0.1) is 21.2 Å². The Kier molecular flexibility index (Phi) is 5.54. The maximum atomic E-state index is 12.9. The highest BCUT2D eigenvalue weighted by atomic mass is 35.5. The molecule has 1 fully saturated rings. The summed E-state index contributed by atoms with van der Waals surface area (Å²) in [7, 11) is 0. The van der Waals surface area contributed by atoms with Crippen LogP contribution in [0.2, 0.25) is 10.0 Å². The number of carbonyl (C=O) groups is 2. The van der Waals surface area contributed by atoms with Gasteiger partial charge in [-0.3, -0.25) is 9.59 Å². The number of carbonyl (C=O) groups excluding carboxylic acids is 2. The topological polar surface area (TPSA) is 40.6 Å². The van der Waals surface area contributed by atoms with Crippen LogP contribution in [-0.2, 0) is 0 Å². The number of benzene rings is 2. The van der Waals surface area contributed by atoms with Crippen molar-refractivity contribution in [1.29, 1.82) is 0 Å². The van der Waals surface area contributed by atoms with Crippen LogP contribution in [0.15, 0.2) is 48.5 Å². The van der Waals surface area contributed by atoms with Crippen molar-refractivity contribution in [1.82, 2.24) is 9.80 Å². The van der Waals surface area contributed by atoms with E-state index in [1.807, 2.05) is 13.8 Å².